The van der Waals surface area contributed by atoms with Gasteiger partial charge in [0.05, 0.1) is 39.6 Å². The minimum absolute atomic E-state index is 0.0286. The zero-order valence-corrected chi connectivity index (χ0v) is 15.5. The molecule has 0 fully saturated rings. The van der Waals surface area contributed by atoms with Crippen molar-refractivity contribution in [2.75, 3.05) is 52.9 Å². The SMILES string of the molecule is OCCOCCOc1ccc(Cc2ccc(OCCOCCO)cc2)cc1. The minimum atomic E-state index is 0.0286. The molecule has 0 bridgehead atoms. The summed E-state index contributed by atoms with van der Waals surface area (Å²) in [4.78, 5) is 0. The fraction of sp³-hybridized carbons (Fsp3) is 0.429. The summed E-state index contributed by atoms with van der Waals surface area (Å²) < 4.78 is 21.5. The van der Waals surface area contributed by atoms with Crippen LogP contribution in [0.1, 0.15) is 11.1 Å². The van der Waals surface area contributed by atoms with Gasteiger partial charge in [-0.05, 0) is 41.8 Å². The Morgan fingerprint density at radius 1 is 0.519 bits per heavy atom. The van der Waals surface area contributed by atoms with Gasteiger partial charge >= 0.3 is 0 Å². The van der Waals surface area contributed by atoms with E-state index in [1.54, 1.807) is 0 Å². The molecule has 0 aliphatic heterocycles. The number of rotatable bonds is 14. The van der Waals surface area contributed by atoms with E-state index in [1.165, 1.54) is 11.1 Å². The van der Waals surface area contributed by atoms with Crippen molar-refractivity contribution in [2.24, 2.45) is 0 Å². The Balaban J connectivity index is 1.71. The Bertz CT molecular complexity index is 556. The van der Waals surface area contributed by atoms with E-state index in [0.717, 1.165) is 17.9 Å². The van der Waals surface area contributed by atoms with Crippen LogP contribution in [0.4, 0.5) is 0 Å². The van der Waals surface area contributed by atoms with Crippen molar-refractivity contribution in [3.63, 3.8) is 0 Å². The molecule has 0 spiro atoms. The number of ether oxygens (including phenoxy) is 4. The van der Waals surface area contributed by atoms with Gasteiger partial charge in [-0.2, -0.15) is 0 Å². The lowest BCUT2D eigenvalue weighted by atomic mass is 10.0. The molecule has 2 aromatic rings. The number of aliphatic hydroxyl groups excluding tert-OH is 2. The highest BCUT2D eigenvalue weighted by Crippen LogP contribution is 2.18. The number of hydrogen-bond acceptors (Lipinski definition) is 6. The van der Waals surface area contributed by atoms with Gasteiger partial charge in [0.1, 0.15) is 24.7 Å². The molecule has 0 radical (unpaired) electrons. The monoisotopic (exact) mass is 376 g/mol. The third kappa shape index (κ3) is 8.88. The molecule has 0 unspecified atom stereocenters. The highest BCUT2D eigenvalue weighted by Gasteiger charge is 2.00. The molecule has 0 aliphatic rings. The zero-order chi connectivity index (χ0) is 19.2. The molecule has 2 N–H and O–H groups in total. The first-order chi connectivity index (χ1) is 13.3. The van der Waals surface area contributed by atoms with Crippen molar-refractivity contribution in [3.05, 3.63) is 59.7 Å². The fourth-order valence-corrected chi connectivity index (χ4v) is 2.41. The van der Waals surface area contributed by atoms with Crippen molar-refractivity contribution < 1.29 is 29.2 Å². The number of aliphatic hydroxyl groups is 2. The second kappa shape index (κ2) is 13.1. The van der Waals surface area contributed by atoms with Gasteiger partial charge in [-0.1, -0.05) is 24.3 Å². The molecule has 2 aromatic carbocycles. The Morgan fingerprint density at radius 3 is 1.30 bits per heavy atom. The molecule has 0 saturated heterocycles. The summed E-state index contributed by atoms with van der Waals surface area (Å²) >= 11 is 0. The molecule has 0 aromatic heterocycles. The van der Waals surface area contributed by atoms with Gasteiger partial charge in [0.2, 0.25) is 0 Å². The van der Waals surface area contributed by atoms with E-state index in [0.29, 0.717) is 39.6 Å². The van der Waals surface area contributed by atoms with Gasteiger partial charge < -0.3 is 29.2 Å². The van der Waals surface area contributed by atoms with Crippen LogP contribution < -0.4 is 9.47 Å². The topological polar surface area (TPSA) is 77.4 Å². The molecule has 0 aliphatic carbocycles. The van der Waals surface area contributed by atoms with Crippen molar-refractivity contribution in [3.8, 4) is 11.5 Å². The fourth-order valence-electron chi connectivity index (χ4n) is 2.41. The molecule has 0 saturated carbocycles. The predicted octanol–water partition coefficient (Wildman–Crippen LogP) is 2.05. The third-order valence-electron chi connectivity index (χ3n) is 3.72. The van der Waals surface area contributed by atoms with Gasteiger partial charge in [-0.25, -0.2) is 0 Å². The van der Waals surface area contributed by atoms with Crippen molar-refractivity contribution >= 4 is 0 Å². The molecular formula is C21H28O6. The predicted molar refractivity (Wildman–Crippen MR) is 102 cm³/mol. The highest BCUT2D eigenvalue weighted by molar-refractivity contribution is 5.34. The quantitative estimate of drug-likeness (QED) is 0.492. The summed E-state index contributed by atoms with van der Waals surface area (Å²) in [5, 5.41) is 17.3. The molecule has 27 heavy (non-hydrogen) atoms. The Kier molecular flexibility index (Phi) is 10.3. The summed E-state index contributed by atoms with van der Waals surface area (Å²) in [7, 11) is 0. The van der Waals surface area contributed by atoms with E-state index in [4.69, 9.17) is 29.2 Å². The lowest BCUT2D eigenvalue weighted by molar-refractivity contribution is 0.0705. The summed E-state index contributed by atoms with van der Waals surface area (Å²) in [6.45, 7) is 2.58. The van der Waals surface area contributed by atoms with Gasteiger partial charge in [0.15, 0.2) is 0 Å². The molecule has 6 heteroatoms. The second-order valence-corrected chi connectivity index (χ2v) is 5.83. The first kappa shape index (κ1) is 21.2. The van der Waals surface area contributed by atoms with E-state index in [9.17, 15) is 0 Å². The molecule has 6 nitrogen and oxygen atoms in total. The highest BCUT2D eigenvalue weighted by atomic mass is 16.5. The first-order valence-corrected chi connectivity index (χ1v) is 9.12. The van der Waals surface area contributed by atoms with Crippen LogP contribution in [0.25, 0.3) is 0 Å². The van der Waals surface area contributed by atoms with E-state index in [2.05, 4.69) is 0 Å². The second-order valence-electron chi connectivity index (χ2n) is 5.83. The summed E-state index contributed by atoms with van der Waals surface area (Å²) in [5.74, 6) is 1.61. The molecular weight excluding hydrogens is 348 g/mol. The molecule has 0 heterocycles. The number of hydrogen-bond donors (Lipinski definition) is 2. The molecule has 0 atom stereocenters. The maximum absolute atomic E-state index is 8.63. The van der Waals surface area contributed by atoms with Gasteiger partial charge in [0, 0.05) is 0 Å². The van der Waals surface area contributed by atoms with Crippen molar-refractivity contribution in [1.82, 2.24) is 0 Å². The summed E-state index contributed by atoms with van der Waals surface area (Å²) in [5.41, 5.74) is 2.40. The molecule has 2 rings (SSSR count). The van der Waals surface area contributed by atoms with Gasteiger partial charge in [-0.15, -0.1) is 0 Å². The van der Waals surface area contributed by atoms with E-state index in [1.807, 2.05) is 48.5 Å². The van der Waals surface area contributed by atoms with Crippen LogP contribution >= 0.6 is 0 Å². The van der Waals surface area contributed by atoms with E-state index >= 15 is 0 Å². The average molecular weight is 376 g/mol. The maximum atomic E-state index is 8.63. The van der Waals surface area contributed by atoms with Crippen LogP contribution in [0, 0.1) is 0 Å². The van der Waals surface area contributed by atoms with Crippen LogP contribution in [-0.4, -0.2) is 63.1 Å². The van der Waals surface area contributed by atoms with Gasteiger partial charge in [-0.3, -0.25) is 0 Å². The Labute approximate surface area is 160 Å². The Morgan fingerprint density at radius 2 is 0.926 bits per heavy atom. The Hall–Kier alpha value is -2.12. The third-order valence-corrected chi connectivity index (χ3v) is 3.72. The average Bonchev–Trinajstić information content (AvgIpc) is 2.70. The van der Waals surface area contributed by atoms with Crippen molar-refractivity contribution in [2.45, 2.75) is 6.42 Å². The normalized spacial score (nSPS) is 10.7. The van der Waals surface area contributed by atoms with Crippen molar-refractivity contribution in [1.29, 1.82) is 0 Å². The van der Waals surface area contributed by atoms with Crippen LogP contribution in [0.5, 0.6) is 11.5 Å². The maximum Gasteiger partial charge on any atom is 0.119 e. The lowest BCUT2D eigenvalue weighted by Crippen LogP contribution is -2.09. The minimum Gasteiger partial charge on any atom is -0.491 e. The number of benzene rings is 2. The zero-order valence-electron chi connectivity index (χ0n) is 15.5. The lowest BCUT2D eigenvalue weighted by Gasteiger charge is -2.09. The summed E-state index contributed by atoms with van der Waals surface area (Å²) in [6.07, 6.45) is 0.833. The largest absolute Gasteiger partial charge is 0.491 e. The van der Waals surface area contributed by atoms with E-state index in [-0.39, 0.29) is 13.2 Å². The van der Waals surface area contributed by atoms with Crippen LogP contribution in [-0.2, 0) is 15.9 Å². The molecule has 0 amide bonds. The first-order valence-electron chi connectivity index (χ1n) is 9.12. The van der Waals surface area contributed by atoms with Crippen LogP contribution in [0.15, 0.2) is 48.5 Å². The van der Waals surface area contributed by atoms with Crippen LogP contribution in [0.2, 0.25) is 0 Å². The standard InChI is InChI=1S/C21H28O6/c22-9-11-24-13-15-26-20-5-1-18(2-6-20)17-19-3-7-21(8-4-19)27-16-14-25-12-10-23/h1-8,22-23H,9-17H2. The summed E-state index contributed by atoms with van der Waals surface area (Å²) in [6, 6.07) is 16.0. The van der Waals surface area contributed by atoms with Gasteiger partial charge in [0.25, 0.3) is 0 Å². The van der Waals surface area contributed by atoms with E-state index < -0.39 is 0 Å². The molecule has 148 valence electrons. The van der Waals surface area contributed by atoms with Crippen LogP contribution in [0.3, 0.4) is 0 Å². The smallest absolute Gasteiger partial charge is 0.119 e.